The summed E-state index contributed by atoms with van der Waals surface area (Å²) in [6.45, 7) is 9.35. The van der Waals surface area contributed by atoms with Gasteiger partial charge in [0.15, 0.2) is 0 Å². The molecule has 6 nitrogen and oxygen atoms in total. The molecule has 166 valence electrons. The first kappa shape index (κ1) is 22.8. The minimum Gasteiger partial charge on any atom is -0.466 e. The van der Waals surface area contributed by atoms with Crippen LogP contribution in [0, 0.1) is 0 Å². The fraction of sp³-hybridized carbons (Fsp3) is 0.440. The summed E-state index contributed by atoms with van der Waals surface area (Å²) in [4.78, 5) is 30.3. The number of nitrogens with zero attached hydrogens (tertiary/aromatic N) is 2. The van der Waals surface area contributed by atoms with Gasteiger partial charge in [0.25, 0.3) is 11.8 Å². The van der Waals surface area contributed by atoms with E-state index in [1.807, 2.05) is 17.9 Å². The minimum absolute atomic E-state index is 0.180. The molecule has 0 aromatic heterocycles. The van der Waals surface area contributed by atoms with Crippen LogP contribution in [-0.2, 0) is 9.53 Å². The maximum absolute atomic E-state index is 13.3. The van der Waals surface area contributed by atoms with Crippen molar-refractivity contribution in [2.24, 2.45) is 0 Å². The van der Waals surface area contributed by atoms with Gasteiger partial charge in [0, 0.05) is 30.8 Å². The van der Waals surface area contributed by atoms with Gasteiger partial charge in [0.1, 0.15) is 11.5 Å². The van der Waals surface area contributed by atoms with E-state index in [-0.39, 0.29) is 23.3 Å². The highest BCUT2D eigenvalue weighted by atomic mass is 16.5. The van der Waals surface area contributed by atoms with Gasteiger partial charge in [0.2, 0.25) is 0 Å². The Hall–Kier alpha value is -2.86. The summed E-state index contributed by atoms with van der Waals surface area (Å²) < 4.78 is 5.36. The van der Waals surface area contributed by atoms with Crippen molar-refractivity contribution in [1.29, 1.82) is 0 Å². The predicted molar refractivity (Wildman–Crippen MR) is 122 cm³/mol. The van der Waals surface area contributed by atoms with Crippen molar-refractivity contribution in [1.82, 2.24) is 15.1 Å². The Bertz CT molecular complexity index is 818. The normalized spacial score (nSPS) is 18.7. The second kappa shape index (κ2) is 11.5. The van der Waals surface area contributed by atoms with Crippen molar-refractivity contribution in [2.45, 2.75) is 45.1 Å². The van der Waals surface area contributed by atoms with Gasteiger partial charge in [-0.25, -0.2) is 0 Å². The smallest absolute Gasteiger partial charge is 0.270 e. The Morgan fingerprint density at radius 3 is 2.39 bits per heavy atom. The van der Waals surface area contributed by atoms with Gasteiger partial charge < -0.3 is 19.9 Å². The molecule has 31 heavy (non-hydrogen) atoms. The van der Waals surface area contributed by atoms with Crippen molar-refractivity contribution >= 4 is 11.8 Å². The van der Waals surface area contributed by atoms with Crippen molar-refractivity contribution < 1.29 is 14.3 Å². The van der Waals surface area contributed by atoms with Gasteiger partial charge >= 0.3 is 0 Å². The van der Waals surface area contributed by atoms with Crippen LogP contribution in [0.2, 0.25) is 0 Å². The number of piperidine rings is 2. The molecule has 2 aliphatic rings. The maximum atomic E-state index is 13.3. The number of ether oxygens (including phenoxy) is 1. The van der Waals surface area contributed by atoms with Crippen LogP contribution >= 0.6 is 0 Å². The Morgan fingerprint density at radius 1 is 1.06 bits per heavy atom. The average molecular weight is 424 g/mol. The molecule has 1 N–H and O–H groups in total. The molecule has 2 aliphatic heterocycles. The van der Waals surface area contributed by atoms with Gasteiger partial charge in [0.05, 0.1) is 6.26 Å². The van der Waals surface area contributed by atoms with Crippen LogP contribution < -0.4 is 5.32 Å². The fourth-order valence-corrected chi connectivity index (χ4v) is 4.17. The third kappa shape index (κ3) is 6.56. The third-order valence-electron chi connectivity index (χ3n) is 5.83. The second-order valence-corrected chi connectivity index (χ2v) is 8.05. The monoisotopic (exact) mass is 423 g/mol. The largest absolute Gasteiger partial charge is 0.466 e. The van der Waals surface area contributed by atoms with E-state index >= 15 is 0 Å². The molecule has 0 spiro atoms. The molecular formula is C25H33N3O3. The number of carbonyl (C=O) groups excluding carboxylic acids is 2. The van der Waals surface area contributed by atoms with Gasteiger partial charge in [-0.2, -0.15) is 0 Å². The second-order valence-electron chi connectivity index (χ2n) is 8.05. The molecule has 0 radical (unpaired) electrons. The number of likely N-dealkylation sites (tertiary alicyclic amines) is 2. The number of hydrogen-bond acceptors (Lipinski definition) is 4. The first-order valence-electron chi connectivity index (χ1n) is 11.2. The molecule has 0 aliphatic carbocycles. The summed E-state index contributed by atoms with van der Waals surface area (Å²) in [5.74, 6) is -0.244. The molecule has 1 aromatic rings. The molecular weight excluding hydrogens is 390 g/mol. The Labute approximate surface area is 185 Å². The number of carbonyl (C=O) groups is 2. The SMILES string of the molecule is C=C(C=C(NC(=O)c1ccccc1)C(=O)N1CCC(N2CCCCC2)CC1)OC=CC. The highest BCUT2D eigenvalue weighted by molar-refractivity contribution is 6.03. The van der Waals surface area contributed by atoms with Crippen LogP contribution in [-0.4, -0.2) is 53.8 Å². The number of allylic oxidation sites excluding steroid dienone is 2. The number of rotatable bonds is 7. The van der Waals surface area contributed by atoms with E-state index in [1.54, 1.807) is 30.3 Å². The number of nitrogens with one attached hydrogen (secondary N) is 1. The summed E-state index contributed by atoms with van der Waals surface area (Å²) in [5.41, 5.74) is 0.671. The maximum Gasteiger partial charge on any atom is 0.270 e. The fourth-order valence-electron chi connectivity index (χ4n) is 4.17. The lowest BCUT2D eigenvalue weighted by molar-refractivity contribution is -0.129. The zero-order chi connectivity index (χ0) is 22.1. The molecule has 2 heterocycles. The van der Waals surface area contributed by atoms with Gasteiger partial charge in [-0.1, -0.05) is 37.3 Å². The lowest BCUT2D eigenvalue weighted by atomic mass is 9.99. The molecule has 2 fully saturated rings. The molecule has 2 saturated heterocycles. The molecule has 6 heteroatoms. The van der Waals surface area contributed by atoms with E-state index in [0.717, 1.165) is 12.8 Å². The summed E-state index contributed by atoms with van der Waals surface area (Å²) >= 11 is 0. The topological polar surface area (TPSA) is 61.9 Å². The molecule has 1 aromatic carbocycles. The zero-order valence-electron chi connectivity index (χ0n) is 18.4. The van der Waals surface area contributed by atoms with Crippen molar-refractivity contribution in [2.75, 3.05) is 26.2 Å². The van der Waals surface area contributed by atoms with E-state index in [1.165, 1.54) is 44.7 Å². The van der Waals surface area contributed by atoms with Crippen molar-refractivity contribution in [3.63, 3.8) is 0 Å². The van der Waals surface area contributed by atoms with Gasteiger partial charge in [-0.3, -0.25) is 9.59 Å². The lowest BCUT2D eigenvalue weighted by Gasteiger charge is -2.40. The van der Waals surface area contributed by atoms with Crippen molar-refractivity contribution in [3.8, 4) is 0 Å². The number of benzene rings is 1. The first-order valence-corrected chi connectivity index (χ1v) is 11.2. The highest BCUT2D eigenvalue weighted by Gasteiger charge is 2.29. The standard InChI is InChI=1S/C25H33N3O3/c1-3-18-31-20(2)19-23(26-24(29)21-10-6-4-7-11-21)25(30)28-16-12-22(13-17-28)27-14-8-5-9-15-27/h3-4,6-7,10-11,18-19,22H,2,5,8-9,12-17H2,1H3,(H,26,29). The lowest BCUT2D eigenvalue weighted by Crippen LogP contribution is -2.49. The molecule has 2 amide bonds. The minimum atomic E-state index is -0.331. The van der Waals surface area contributed by atoms with Crippen LogP contribution in [0.3, 0.4) is 0 Å². The number of hydrogen-bond donors (Lipinski definition) is 1. The van der Waals surface area contributed by atoms with Crippen molar-refractivity contribution in [3.05, 3.63) is 72.3 Å². The van der Waals surface area contributed by atoms with Crippen LogP contribution in [0.15, 0.2) is 66.8 Å². The third-order valence-corrected chi connectivity index (χ3v) is 5.83. The molecule has 0 atom stereocenters. The quantitative estimate of drug-likeness (QED) is 0.411. The van der Waals surface area contributed by atoms with E-state index in [0.29, 0.717) is 24.7 Å². The van der Waals surface area contributed by atoms with Gasteiger partial charge in [-0.05, 0) is 57.8 Å². The Kier molecular flexibility index (Phi) is 8.47. The summed E-state index contributed by atoms with van der Waals surface area (Å²) in [6.07, 6.45) is 10.5. The zero-order valence-corrected chi connectivity index (χ0v) is 18.4. The van der Waals surface area contributed by atoms with Crippen LogP contribution in [0.1, 0.15) is 49.4 Å². The summed E-state index contributed by atoms with van der Waals surface area (Å²) in [6, 6.07) is 9.40. The van der Waals surface area contributed by atoms with E-state index < -0.39 is 0 Å². The number of amides is 2. The van der Waals surface area contributed by atoms with Gasteiger partial charge in [-0.15, -0.1) is 0 Å². The Morgan fingerprint density at radius 2 is 1.74 bits per heavy atom. The first-order chi connectivity index (χ1) is 15.1. The average Bonchev–Trinajstić information content (AvgIpc) is 2.83. The molecule has 3 rings (SSSR count). The Balaban J connectivity index is 1.67. The van der Waals surface area contributed by atoms with Crippen LogP contribution in [0.4, 0.5) is 0 Å². The molecule has 0 saturated carbocycles. The summed E-state index contributed by atoms with van der Waals surface area (Å²) in [7, 11) is 0. The molecule has 0 bridgehead atoms. The molecule has 0 unspecified atom stereocenters. The van der Waals surface area contributed by atoms with Crippen LogP contribution in [0.25, 0.3) is 0 Å². The summed E-state index contributed by atoms with van der Waals surface area (Å²) in [5, 5.41) is 2.77. The predicted octanol–water partition coefficient (Wildman–Crippen LogP) is 3.84. The van der Waals surface area contributed by atoms with E-state index in [9.17, 15) is 9.59 Å². The van der Waals surface area contributed by atoms with Crippen LogP contribution in [0.5, 0.6) is 0 Å². The highest BCUT2D eigenvalue weighted by Crippen LogP contribution is 2.22. The van der Waals surface area contributed by atoms with E-state index in [4.69, 9.17) is 4.74 Å². The van der Waals surface area contributed by atoms with E-state index in [2.05, 4.69) is 16.8 Å².